The summed E-state index contributed by atoms with van der Waals surface area (Å²) in [5, 5.41) is 0. The van der Waals surface area contributed by atoms with Crippen molar-refractivity contribution in [1.29, 1.82) is 0 Å². The number of hydrogen-bond acceptors (Lipinski definition) is 7. The molecular formula is C51H60O7. The van der Waals surface area contributed by atoms with E-state index in [-0.39, 0.29) is 0 Å². The van der Waals surface area contributed by atoms with Crippen LogP contribution < -0.4 is 33.2 Å². The number of hydrogen-bond donors (Lipinski definition) is 0. The highest BCUT2D eigenvalue weighted by Crippen LogP contribution is 2.48. The Morgan fingerprint density at radius 3 is 1.33 bits per heavy atom. The van der Waals surface area contributed by atoms with Crippen LogP contribution in [-0.2, 0) is 32.7 Å². The predicted molar refractivity (Wildman–Crippen MR) is 233 cm³/mol. The maximum Gasteiger partial charge on any atom is 0.131 e. The molecule has 0 aromatic heterocycles. The van der Waals surface area contributed by atoms with Gasteiger partial charge in [0.25, 0.3) is 0 Å². The third-order valence-electron chi connectivity index (χ3n) is 10.7. The molecule has 0 unspecified atom stereocenters. The standard InChI is InChI=1S/C51H60O7/c1-52-43-25-19-38(20-26-43)35-56-46-33-42-18-16-14-12-10-8-6-5-7-9-11-13-15-17-41-31-48(57-36-39-21-27-44(53-2)28-22-39)51(50(42)47(34-46)55-4)49(32-41)58-37-40-23-29-45(54-3)30-24-40/h6,8,19-34H,5,7,9-18,35-37H2,1-4H3. The van der Waals surface area contributed by atoms with Gasteiger partial charge in [0.15, 0.2) is 0 Å². The van der Waals surface area contributed by atoms with Gasteiger partial charge in [0.2, 0.25) is 0 Å². The number of methoxy groups -OCH3 is 4. The molecule has 2 aliphatic rings. The molecule has 2 aliphatic carbocycles. The summed E-state index contributed by atoms with van der Waals surface area (Å²) in [4.78, 5) is 0. The Morgan fingerprint density at radius 1 is 0.379 bits per heavy atom. The molecule has 58 heavy (non-hydrogen) atoms. The molecule has 0 radical (unpaired) electrons. The molecule has 0 aliphatic heterocycles. The summed E-state index contributed by atoms with van der Waals surface area (Å²) in [6.07, 6.45) is 18.1. The molecule has 0 N–H and O–H groups in total. The second-order valence-corrected chi connectivity index (χ2v) is 14.9. The minimum atomic E-state index is 0.382. The highest BCUT2D eigenvalue weighted by atomic mass is 16.5. The number of rotatable bonds is 13. The Hall–Kier alpha value is -5.56. The topological polar surface area (TPSA) is 64.6 Å². The van der Waals surface area contributed by atoms with Crippen LogP contribution in [0.4, 0.5) is 0 Å². The number of allylic oxidation sites excluding steroid dienone is 2. The van der Waals surface area contributed by atoms with Crippen LogP contribution in [0.2, 0.25) is 0 Å². The Bertz CT molecular complexity index is 1940. The SMILES string of the molecule is COc1ccc(COc2cc3c(c(OC)c2)-c2c(OCc4ccc(OC)cc4)cc(cc2OCc2ccc(OC)cc2)CCCCCCCC=CCCCCC3)cc1. The van der Waals surface area contributed by atoms with Crippen LogP contribution in [0.3, 0.4) is 0 Å². The van der Waals surface area contributed by atoms with Crippen LogP contribution in [0.1, 0.15) is 92.0 Å². The molecular weight excluding hydrogens is 725 g/mol. The fourth-order valence-electron chi connectivity index (χ4n) is 7.40. The monoisotopic (exact) mass is 784 g/mol. The van der Waals surface area contributed by atoms with E-state index >= 15 is 0 Å². The van der Waals surface area contributed by atoms with E-state index in [1.54, 1.807) is 28.4 Å². The molecule has 0 heterocycles. The van der Waals surface area contributed by atoms with Gasteiger partial charge in [-0.25, -0.2) is 0 Å². The molecule has 2 bridgehead atoms. The lowest BCUT2D eigenvalue weighted by Crippen LogP contribution is -2.06. The van der Waals surface area contributed by atoms with E-state index in [1.807, 2.05) is 54.6 Å². The number of ether oxygens (including phenoxy) is 7. The van der Waals surface area contributed by atoms with Crippen molar-refractivity contribution in [3.63, 3.8) is 0 Å². The van der Waals surface area contributed by atoms with E-state index in [0.29, 0.717) is 25.6 Å². The van der Waals surface area contributed by atoms with Gasteiger partial charge in [-0.3, -0.25) is 0 Å². The fraction of sp³-hybridized carbons (Fsp3) is 0.373. The van der Waals surface area contributed by atoms with Gasteiger partial charge in [-0.05, 0) is 134 Å². The van der Waals surface area contributed by atoms with Crippen molar-refractivity contribution >= 4 is 0 Å². The minimum Gasteiger partial charge on any atom is -0.497 e. The molecule has 7 heteroatoms. The summed E-state index contributed by atoms with van der Waals surface area (Å²) in [5.74, 6) is 5.44. The van der Waals surface area contributed by atoms with E-state index in [0.717, 1.165) is 119 Å². The third-order valence-corrected chi connectivity index (χ3v) is 10.7. The zero-order valence-electron chi connectivity index (χ0n) is 34.9. The van der Waals surface area contributed by atoms with Gasteiger partial charge in [0.05, 0.1) is 34.0 Å². The summed E-state index contributed by atoms with van der Waals surface area (Å²) < 4.78 is 42.8. The molecule has 306 valence electrons. The quantitative estimate of drug-likeness (QED) is 0.110. The summed E-state index contributed by atoms with van der Waals surface area (Å²) in [7, 11) is 6.78. The van der Waals surface area contributed by atoms with Crippen molar-refractivity contribution in [1.82, 2.24) is 0 Å². The van der Waals surface area contributed by atoms with Crippen molar-refractivity contribution in [2.45, 2.75) is 96.9 Å². The molecule has 7 nitrogen and oxygen atoms in total. The average molecular weight is 785 g/mol. The Labute approximate surface area is 345 Å². The lowest BCUT2D eigenvalue weighted by molar-refractivity contribution is 0.291. The third kappa shape index (κ3) is 12.2. The highest BCUT2D eigenvalue weighted by molar-refractivity contribution is 5.85. The van der Waals surface area contributed by atoms with Crippen LogP contribution in [0.5, 0.6) is 40.2 Å². The van der Waals surface area contributed by atoms with Gasteiger partial charge in [0, 0.05) is 11.6 Å². The highest BCUT2D eigenvalue weighted by Gasteiger charge is 2.24. The molecule has 5 aromatic rings. The average Bonchev–Trinajstić information content (AvgIpc) is 3.27. The van der Waals surface area contributed by atoms with Crippen LogP contribution in [0.15, 0.2) is 109 Å². The van der Waals surface area contributed by atoms with Gasteiger partial charge in [-0.2, -0.15) is 0 Å². The zero-order valence-corrected chi connectivity index (χ0v) is 34.9. The zero-order chi connectivity index (χ0) is 40.4. The maximum atomic E-state index is 6.89. The first-order valence-electron chi connectivity index (χ1n) is 20.9. The van der Waals surface area contributed by atoms with Crippen molar-refractivity contribution in [2.75, 3.05) is 28.4 Å². The molecule has 0 amide bonds. The van der Waals surface area contributed by atoms with Crippen LogP contribution >= 0.6 is 0 Å². The smallest absolute Gasteiger partial charge is 0.131 e. The lowest BCUT2D eigenvalue weighted by atomic mass is 9.91. The summed E-state index contributed by atoms with van der Waals surface area (Å²) >= 11 is 0. The van der Waals surface area contributed by atoms with Crippen molar-refractivity contribution in [2.24, 2.45) is 0 Å². The molecule has 0 spiro atoms. The van der Waals surface area contributed by atoms with E-state index in [1.165, 1.54) is 31.2 Å². The van der Waals surface area contributed by atoms with Crippen molar-refractivity contribution in [3.05, 3.63) is 137 Å². The van der Waals surface area contributed by atoms with E-state index in [9.17, 15) is 0 Å². The Morgan fingerprint density at radius 2 is 0.828 bits per heavy atom. The largest absolute Gasteiger partial charge is 0.497 e. The Kier molecular flexibility index (Phi) is 16.2. The molecule has 0 saturated carbocycles. The van der Waals surface area contributed by atoms with Crippen LogP contribution in [-0.4, -0.2) is 28.4 Å². The lowest BCUT2D eigenvalue weighted by Gasteiger charge is -2.23. The first-order valence-corrected chi connectivity index (χ1v) is 20.9. The second-order valence-electron chi connectivity index (χ2n) is 14.9. The summed E-state index contributed by atoms with van der Waals surface area (Å²) in [6.45, 7) is 1.18. The van der Waals surface area contributed by atoms with Crippen LogP contribution in [0, 0.1) is 0 Å². The number of benzene rings is 5. The van der Waals surface area contributed by atoms with Gasteiger partial charge < -0.3 is 33.2 Å². The number of aryl methyl sites for hydroxylation is 2. The van der Waals surface area contributed by atoms with E-state index < -0.39 is 0 Å². The summed E-state index contributed by atoms with van der Waals surface area (Å²) in [5.41, 5.74) is 7.31. The van der Waals surface area contributed by atoms with Crippen molar-refractivity contribution < 1.29 is 33.2 Å². The predicted octanol–water partition coefficient (Wildman–Crippen LogP) is 12.7. The van der Waals surface area contributed by atoms with E-state index in [2.05, 4.69) is 54.6 Å². The summed E-state index contributed by atoms with van der Waals surface area (Å²) in [6, 6.07) is 32.7. The molecule has 5 aromatic carbocycles. The molecule has 0 atom stereocenters. The minimum absolute atomic E-state index is 0.382. The molecule has 0 fully saturated rings. The molecule has 7 rings (SSSR count). The number of fused-ring (bicyclic) bond motifs is 14. The first-order chi connectivity index (χ1) is 28.6. The van der Waals surface area contributed by atoms with Gasteiger partial charge >= 0.3 is 0 Å². The fourth-order valence-corrected chi connectivity index (χ4v) is 7.40. The maximum absolute atomic E-state index is 6.89. The second kappa shape index (κ2) is 22.4. The normalized spacial score (nSPS) is 13.9. The Balaban J connectivity index is 1.45. The van der Waals surface area contributed by atoms with E-state index in [4.69, 9.17) is 33.2 Å². The van der Waals surface area contributed by atoms with Gasteiger partial charge in [-0.1, -0.05) is 74.2 Å². The van der Waals surface area contributed by atoms with Gasteiger partial charge in [0.1, 0.15) is 60.1 Å². The van der Waals surface area contributed by atoms with Gasteiger partial charge in [-0.15, -0.1) is 0 Å². The first kappa shape index (κ1) is 42.1. The molecule has 0 saturated heterocycles. The van der Waals surface area contributed by atoms with Crippen LogP contribution in [0.25, 0.3) is 11.1 Å². The van der Waals surface area contributed by atoms with Crippen molar-refractivity contribution in [3.8, 4) is 51.4 Å².